The van der Waals surface area contributed by atoms with Crippen molar-refractivity contribution >= 4 is 28.6 Å². The Kier molecular flexibility index (Phi) is 3.92. The van der Waals surface area contributed by atoms with Crippen LogP contribution in [-0.4, -0.2) is 28.6 Å². The molecule has 5 heteroatoms. The molecule has 2 unspecified atom stereocenters. The largest absolute Gasteiger partial charge is 0.480 e. The van der Waals surface area contributed by atoms with Gasteiger partial charge in [-0.15, -0.1) is 22.7 Å². The second-order valence-corrected chi connectivity index (χ2v) is 7.05. The van der Waals surface area contributed by atoms with E-state index in [2.05, 4.69) is 34.7 Å². The van der Waals surface area contributed by atoms with Gasteiger partial charge < -0.3 is 5.11 Å². The Hall–Kier alpha value is -1.17. The summed E-state index contributed by atoms with van der Waals surface area (Å²) in [6, 6.07) is 6.02. The first-order valence-corrected chi connectivity index (χ1v) is 8.50. The van der Waals surface area contributed by atoms with Crippen LogP contribution in [-0.2, 0) is 4.79 Å². The normalized spacial score (nSPS) is 21.1. The van der Waals surface area contributed by atoms with Gasteiger partial charge in [-0.3, -0.25) is 9.69 Å². The number of nitrogens with zero attached hydrogens (tertiary/aromatic N) is 1. The molecule has 0 aliphatic carbocycles. The predicted octanol–water partition coefficient (Wildman–Crippen LogP) is 3.76. The number of carboxylic acid groups (broad SMARTS) is 1. The third-order valence-electron chi connectivity index (χ3n) is 3.87. The summed E-state index contributed by atoms with van der Waals surface area (Å²) in [4.78, 5) is 16.2. The van der Waals surface area contributed by atoms with Gasteiger partial charge in [0.25, 0.3) is 0 Å². The van der Waals surface area contributed by atoms with Gasteiger partial charge in [0.05, 0.1) is 6.04 Å². The summed E-state index contributed by atoms with van der Waals surface area (Å²) >= 11 is 3.44. The van der Waals surface area contributed by atoms with Crippen molar-refractivity contribution in [3.8, 4) is 0 Å². The fourth-order valence-corrected chi connectivity index (χ4v) is 4.91. The third kappa shape index (κ3) is 2.41. The molecule has 106 valence electrons. The second-order valence-electron chi connectivity index (χ2n) is 5.12. The monoisotopic (exact) mass is 307 g/mol. The van der Waals surface area contributed by atoms with Gasteiger partial charge in [-0.1, -0.05) is 6.07 Å². The number of rotatable bonds is 4. The highest BCUT2D eigenvalue weighted by Crippen LogP contribution is 2.40. The molecule has 1 aliphatic heterocycles. The molecule has 20 heavy (non-hydrogen) atoms. The summed E-state index contributed by atoms with van der Waals surface area (Å²) in [5, 5.41) is 13.6. The van der Waals surface area contributed by atoms with Crippen LogP contribution < -0.4 is 0 Å². The Morgan fingerprint density at radius 2 is 2.25 bits per heavy atom. The summed E-state index contributed by atoms with van der Waals surface area (Å²) < 4.78 is 0. The summed E-state index contributed by atoms with van der Waals surface area (Å²) in [5.41, 5.74) is 1.25. The number of aliphatic carboxylic acids is 1. The molecule has 2 aromatic heterocycles. The molecule has 0 bridgehead atoms. The fraction of sp³-hybridized carbons (Fsp3) is 0.400. The molecule has 2 atom stereocenters. The Bertz CT molecular complexity index is 591. The Morgan fingerprint density at radius 1 is 1.40 bits per heavy atom. The van der Waals surface area contributed by atoms with E-state index in [1.807, 2.05) is 6.07 Å². The second kappa shape index (κ2) is 5.68. The first kappa shape index (κ1) is 13.8. The van der Waals surface area contributed by atoms with Crippen LogP contribution >= 0.6 is 22.7 Å². The zero-order valence-corrected chi connectivity index (χ0v) is 12.9. The lowest BCUT2D eigenvalue weighted by molar-refractivity contribution is -0.142. The van der Waals surface area contributed by atoms with E-state index in [9.17, 15) is 9.90 Å². The minimum absolute atomic E-state index is 0.0959. The highest BCUT2D eigenvalue weighted by Gasteiger charge is 2.38. The van der Waals surface area contributed by atoms with E-state index in [4.69, 9.17) is 0 Å². The molecule has 0 spiro atoms. The van der Waals surface area contributed by atoms with Crippen LogP contribution in [0.15, 0.2) is 29.0 Å². The van der Waals surface area contributed by atoms with E-state index in [1.54, 1.807) is 22.7 Å². The van der Waals surface area contributed by atoms with Crippen molar-refractivity contribution in [2.45, 2.75) is 31.8 Å². The Labute approximate surface area is 126 Å². The summed E-state index contributed by atoms with van der Waals surface area (Å²) in [5.74, 6) is -0.696. The van der Waals surface area contributed by atoms with Crippen molar-refractivity contribution in [2.75, 3.05) is 6.54 Å². The molecule has 3 rings (SSSR count). The molecule has 0 aromatic carbocycles. The third-order valence-corrected chi connectivity index (χ3v) is 5.87. The van der Waals surface area contributed by atoms with E-state index in [-0.39, 0.29) is 12.1 Å². The molecule has 2 aromatic rings. The first-order valence-electron chi connectivity index (χ1n) is 6.74. The number of carboxylic acids is 1. The molecule has 0 amide bonds. The number of carbonyl (C=O) groups is 1. The zero-order chi connectivity index (χ0) is 14.1. The van der Waals surface area contributed by atoms with Gasteiger partial charge in [0.2, 0.25) is 0 Å². The highest BCUT2D eigenvalue weighted by molar-refractivity contribution is 7.11. The highest BCUT2D eigenvalue weighted by atomic mass is 32.1. The van der Waals surface area contributed by atoms with Crippen LogP contribution in [0.4, 0.5) is 0 Å². The van der Waals surface area contributed by atoms with Crippen molar-refractivity contribution in [3.63, 3.8) is 0 Å². The minimum atomic E-state index is -0.696. The maximum Gasteiger partial charge on any atom is 0.320 e. The summed E-state index contributed by atoms with van der Waals surface area (Å²) in [6.07, 6.45) is 1.71. The average molecular weight is 307 g/mol. The molecule has 1 saturated heterocycles. The van der Waals surface area contributed by atoms with Crippen molar-refractivity contribution in [1.29, 1.82) is 0 Å². The minimum Gasteiger partial charge on any atom is -0.480 e. The lowest BCUT2D eigenvalue weighted by atomic mass is 10.1. The standard InChI is InChI=1S/C15H17NO2S2/c1-10-6-9-20-14(10)13(12-5-3-8-19-12)16-7-2-4-11(16)15(17)18/h3,5-6,8-9,11,13H,2,4,7H2,1H3,(H,17,18). The summed E-state index contributed by atoms with van der Waals surface area (Å²) in [6.45, 7) is 2.97. The van der Waals surface area contributed by atoms with E-state index >= 15 is 0 Å². The van der Waals surface area contributed by atoms with Crippen LogP contribution in [0.2, 0.25) is 0 Å². The van der Waals surface area contributed by atoms with Crippen LogP contribution in [0.25, 0.3) is 0 Å². The topological polar surface area (TPSA) is 40.5 Å². The smallest absolute Gasteiger partial charge is 0.320 e. The van der Waals surface area contributed by atoms with Gasteiger partial charge >= 0.3 is 5.97 Å². The van der Waals surface area contributed by atoms with E-state index in [0.29, 0.717) is 0 Å². The number of thiophene rings is 2. The average Bonchev–Trinajstić information content (AvgIpc) is 3.13. The SMILES string of the molecule is Cc1ccsc1C(c1cccs1)N1CCCC1C(=O)O. The number of hydrogen-bond acceptors (Lipinski definition) is 4. The van der Waals surface area contributed by atoms with Gasteiger partial charge in [0.1, 0.15) is 6.04 Å². The van der Waals surface area contributed by atoms with Crippen LogP contribution in [0.1, 0.15) is 34.2 Å². The number of likely N-dealkylation sites (tertiary alicyclic amines) is 1. The van der Waals surface area contributed by atoms with Crippen molar-refractivity contribution in [1.82, 2.24) is 4.90 Å². The van der Waals surface area contributed by atoms with Gasteiger partial charge in [-0.2, -0.15) is 0 Å². The Morgan fingerprint density at radius 3 is 2.85 bits per heavy atom. The van der Waals surface area contributed by atoms with Gasteiger partial charge in [0, 0.05) is 16.3 Å². The van der Waals surface area contributed by atoms with E-state index in [1.165, 1.54) is 15.3 Å². The number of aryl methyl sites for hydroxylation is 1. The molecule has 1 N–H and O–H groups in total. The Balaban J connectivity index is 2.02. The maximum absolute atomic E-state index is 11.5. The molecule has 1 aliphatic rings. The van der Waals surface area contributed by atoms with E-state index in [0.717, 1.165) is 19.4 Å². The maximum atomic E-state index is 11.5. The molecule has 1 fully saturated rings. The molecule has 3 nitrogen and oxygen atoms in total. The molecule has 0 saturated carbocycles. The lowest BCUT2D eigenvalue weighted by Crippen LogP contribution is -2.38. The predicted molar refractivity (Wildman–Crippen MR) is 82.6 cm³/mol. The zero-order valence-electron chi connectivity index (χ0n) is 11.3. The van der Waals surface area contributed by atoms with Gasteiger partial charge in [0.15, 0.2) is 0 Å². The summed E-state index contributed by atoms with van der Waals surface area (Å²) in [7, 11) is 0. The van der Waals surface area contributed by atoms with Crippen molar-refractivity contribution < 1.29 is 9.90 Å². The van der Waals surface area contributed by atoms with E-state index < -0.39 is 5.97 Å². The van der Waals surface area contributed by atoms with Crippen molar-refractivity contribution in [2.24, 2.45) is 0 Å². The van der Waals surface area contributed by atoms with Crippen LogP contribution in [0, 0.1) is 6.92 Å². The van der Waals surface area contributed by atoms with Crippen molar-refractivity contribution in [3.05, 3.63) is 44.3 Å². The first-order chi connectivity index (χ1) is 9.68. The van der Waals surface area contributed by atoms with Crippen LogP contribution in [0.3, 0.4) is 0 Å². The lowest BCUT2D eigenvalue weighted by Gasteiger charge is -2.30. The van der Waals surface area contributed by atoms with Gasteiger partial charge in [-0.25, -0.2) is 0 Å². The molecular weight excluding hydrogens is 290 g/mol. The van der Waals surface area contributed by atoms with Crippen LogP contribution in [0.5, 0.6) is 0 Å². The molecule has 3 heterocycles. The quantitative estimate of drug-likeness (QED) is 0.935. The van der Waals surface area contributed by atoms with Gasteiger partial charge in [-0.05, 0) is 48.2 Å². The molecule has 0 radical (unpaired) electrons. The molecular formula is C15H17NO2S2. The number of hydrogen-bond donors (Lipinski definition) is 1. The fourth-order valence-electron chi connectivity index (χ4n) is 2.92.